The number of nitro benzene ring substituents is 1. The number of primary amides is 1. The first-order valence-electron chi connectivity index (χ1n) is 4.51. The van der Waals surface area contributed by atoms with Crippen molar-refractivity contribution in [1.29, 1.82) is 0 Å². The van der Waals surface area contributed by atoms with Gasteiger partial charge in [-0.05, 0) is 12.0 Å². The second-order valence-electron chi connectivity index (χ2n) is 3.20. The number of hydrogen-bond donors (Lipinski definition) is 2. The Morgan fingerprint density at radius 3 is 2.94 bits per heavy atom. The van der Waals surface area contributed by atoms with Gasteiger partial charge in [0, 0.05) is 11.6 Å². The molecule has 17 heavy (non-hydrogen) atoms. The number of amides is 1. The molecule has 3 N–H and O–H groups in total. The zero-order valence-corrected chi connectivity index (χ0v) is 8.43. The Hall–Kier alpha value is -2.88. The van der Waals surface area contributed by atoms with Crippen LogP contribution >= 0.6 is 0 Å². The maximum atomic E-state index is 10.8. The quantitative estimate of drug-likeness (QED) is 0.416. The van der Waals surface area contributed by atoms with Crippen molar-refractivity contribution in [2.75, 3.05) is 0 Å². The maximum Gasteiger partial charge on any atom is 0.293 e. The number of non-ortho nitro benzene ring substituents is 1. The first-order valence-corrected chi connectivity index (χ1v) is 4.51. The first-order chi connectivity index (χ1) is 8.08. The highest BCUT2D eigenvalue weighted by Gasteiger charge is 2.14. The molecule has 1 heterocycles. The number of hydrogen-bond acceptors (Lipinski definition) is 4. The van der Waals surface area contributed by atoms with E-state index in [2.05, 4.69) is 22.0 Å². The molecule has 0 aliphatic heterocycles. The Balaban J connectivity index is 2.64. The number of aromatic nitrogens is 2. The number of benzene rings is 1. The molecule has 1 aromatic carbocycles. The highest BCUT2D eigenvalue weighted by atomic mass is 16.6. The van der Waals surface area contributed by atoms with Crippen LogP contribution in [0.15, 0.2) is 18.3 Å². The molecule has 0 radical (unpaired) electrons. The van der Waals surface area contributed by atoms with Gasteiger partial charge >= 0.3 is 0 Å². The molecule has 0 fully saturated rings. The summed E-state index contributed by atoms with van der Waals surface area (Å²) in [6, 6.07) is 2.83. The summed E-state index contributed by atoms with van der Waals surface area (Å²) in [7, 11) is 0. The molecule has 2 rings (SSSR count). The van der Waals surface area contributed by atoms with Crippen LogP contribution in [0.4, 0.5) is 5.69 Å². The predicted octanol–water partition coefficient (Wildman–Crippen LogP) is 0.308. The van der Waals surface area contributed by atoms with Gasteiger partial charge in [-0.1, -0.05) is 5.92 Å². The molecule has 0 aliphatic carbocycles. The van der Waals surface area contributed by atoms with E-state index in [0.29, 0.717) is 16.5 Å². The summed E-state index contributed by atoms with van der Waals surface area (Å²) >= 11 is 0. The van der Waals surface area contributed by atoms with Gasteiger partial charge in [0.1, 0.15) is 0 Å². The van der Waals surface area contributed by atoms with Crippen molar-refractivity contribution >= 4 is 22.5 Å². The molecule has 0 saturated carbocycles. The third-order valence-electron chi connectivity index (χ3n) is 2.06. The lowest BCUT2D eigenvalue weighted by atomic mass is 10.1. The van der Waals surface area contributed by atoms with Gasteiger partial charge in [-0.25, -0.2) is 0 Å². The summed E-state index contributed by atoms with van der Waals surface area (Å²) in [6.07, 6.45) is 1.36. The highest BCUT2D eigenvalue weighted by Crippen LogP contribution is 2.25. The SMILES string of the molecule is NC(=O)C#Cc1cc([N+](=O)[O-])c2cn[nH]c2c1. The van der Waals surface area contributed by atoms with Gasteiger partial charge in [-0.15, -0.1) is 0 Å². The van der Waals surface area contributed by atoms with Crippen molar-refractivity contribution in [2.24, 2.45) is 5.73 Å². The van der Waals surface area contributed by atoms with E-state index in [0.717, 1.165) is 0 Å². The molecule has 0 spiro atoms. The van der Waals surface area contributed by atoms with E-state index in [9.17, 15) is 14.9 Å². The predicted molar refractivity (Wildman–Crippen MR) is 58.8 cm³/mol. The molecular weight excluding hydrogens is 224 g/mol. The minimum atomic E-state index is -0.794. The van der Waals surface area contributed by atoms with Gasteiger partial charge in [0.25, 0.3) is 11.6 Å². The molecule has 0 saturated heterocycles. The standard InChI is InChI=1S/C10H6N4O3/c11-10(15)2-1-6-3-8-7(5-12-13-8)9(4-6)14(16)17/h3-5H,(H2,11,15)(H,12,13). The number of nitrogens with one attached hydrogen (secondary N) is 1. The normalized spacial score (nSPS) is 9.65. The highest BCUT2D eigenvalue weighted by molar-refractivity contribution is 5.93. The van der Waals surface area contributed by atoms with E-state index < -0.39 is 10.8 Å². The van der Waals surface area contributed by atoms with Gasteiger partial charge in [0.15, 0.2) is 0 Å². The average molecular weight is 230 g/mol. The summed E-state index contributed by atoms with van der Waals surface area (Å²) in [6.45, 7) is 0. The Labute approximate surface area is 94.8 Å². The summed E-state index contributed by atoms with van der Waals surface area (Å²) < 4.78 is 0. The van der Waals surface area contributed by atoms with Crippen LogP contribution in [0.2, 0.25) is 0 Å². The lowest BCUT2D eigenvalue weighted by molar-refractivity contribution is -0.383. The fourth-order valence-electron chi connectivity index (χ4n) is 1.39. The minimum Gasteiger partial charge on any atom is -0.359 e. The molecule has 1 aromatic heterocycles. The van der Waals surface area contributed by atoms with Crippen molar-refractivity contribution in [3.05, 3.63) is 34.0 Å². The van der Waals surface area contributed by atoms with E-state index in [-0.39, 0.29) is 5.69 Å². The smallest absolute Gasteiger partial charge is 0.293 e. The number of H-pyrrole nitrogens is 1. The molecule has 7 nitrogen and oxygen atoms in total. The third-order valence-corrected chi connectivity index (χ3v) is 2.06. The molecule has 0 unspecified atom stereocenters. The monoisotopic (exact) mass is 230 g/mol. The fourth-order valence-corrected chi connectivity index (χ4v) is 1.39. The lowest BCUT2D eigenvalue weighted by Gasteiger charge is -1.95. The van der Waals surface area contributed by atoms with Crippen molar-refractivity contribution in [3.8, 4) is 11.8 Å². The maximum absolute atomic E-state index is 10.8. The van der Waals surface area contributed by atoms with E-state index in [1.807, 2.05) is 0 Å². The van der Waals surface area contributed by atoms with Gasteiger partial charge in [-0.3, -0.25) is 20.0 Å². The first kappa shape index (κ1) is 10.6. The van der Waals surface area contributed by atoms with Crippen LogP contribution in [0, 0.1) is 22.0 Å². The van der Waals surface area contributed by atoms with Crippen molar-refractivity contribution in [1.82, 2.24) is 10.2 Å². The summed E-state index contributed by atoms with van der Waals surface area (Å²) in [5, 5.41) is 17.5. The van der Waals surface area contributed by atoms with E-state index in [1.165, 1.54) is 12.3 Å². The second-order valence-corrected chi connectivity index (χ2v) is 3.20. The third kappa shape index (κ3) is 2.05. The fraction of sp³-hybridized carbons (Fsp3) is 0. The van der Waals surface area contributed by atoms with Gasteiger partial charge in [-0.2, -0.15) is 5.10 Å². The van der Waals surface area contributed by atoms with Crippen LogP contribution < -0.4 is 5.73 Å². The van der Waals surface area contributed by atoms with E-state index >= 15 is 0 Å². The van der Waals surface area contributed by atoms with E-state index in [4.69, 9.17) is 5.73 Å². The summed E-state index contributed by atoms with van der Waals surface area (Å²) in [4.78, 5) is 20.8. The number of fused-ring (bicyclic) bond motifs is 1. The molecule has 0 aliphatic rings. The van der Waals surface area contributed by atoms with Crippen LogP contribution in [0.25, 0.3) is 10.9 Å². The minimum absolute atomic E-state index is 0.120. The number of carbonyl (C=O) groups excluding carboxylic acids is 1. The van der Waals surface area contributed by atoms with Crippen LogP contribution in [0.1, 0.15) is 5.56 Å². The van der Waals surface area contributed by atoms with Crippen molar-refractivity contribution in [3.63, 3.8) is 0 Å². The van der Waals surface area contributed by atoms with E-state index in [1.54, 1.807) is 6.07 Å². The number of carbonyl (C=O) groups is 1. The number of nitrogens with two attached hydrogens (primary N) is 1. The molecule has 2 aromatic rings. The molecule has 84 valence electrons. The molecule has 0 bridgehead atoms. The Bertz CT molecular complexity index is 678. The zero-order chi connectivity index (χ0) is 12.4. The molecule has 1 amide bonds. The van der Waals surface area contributed by atoms with Crippen LogP contribution in [-0.2, 0) is 4.79 Å². The number of rotatable bonds is 1. The number of nitro groups is 1. The molecule has 7 heteroatoms. The average Bonchev–Trinajstić information content (AvgIpc) is 2.72. The van der Waals surface area contributed by atoms with Crippen LogP contribution in [0.3, 0.4) is 0 Å². The summed E-state index contributed by atoms with van der Waals surface area (Å²) in [5.41, 5.74) is 5.55. The lowest BCUT2D eigenvalue weighted by Crippen LogP contribution is -2.06. The van der Waals surface area contributed by atoms with Gasteiger partial charge < -0.3 is 5.73 Å². The Morgan fingerprint density at radius 2 is 2.29 bits per heavy atom. The van der Waals surface area contributed by atoms with Gasteiger partial charge in [0.2, 0.25) is 0 Å². The second kappa shape index (κ2) is 3.94. The largest absolute Gasteiger partial charge is 0.359 e. The Kier molecular flexibility index (Phi) is 2.46. The van der Waals surface area contributed by atoms with Crippen LogP contribution in [0.5, 0.6) is 0 Å². The van der Waals surface area contributed by atoms with Crippen molar-refractivity contribution in [2.45, 2.75) is 0 Å². The molecule has 0 atom stereocenters. The number of aromatic amines is 1. The molecular formula is C10H6N4O3. The Morgan fingerprint density at radius 1 is 1.53 bits per heavy atom. The van der Waals surface area contributed by atoms with Crippen LogP contribution in [-0.4, -0.2) is 21.0 Å². The topological polar surface area (TPSA) is 115 Å². The zero-order valence-electron chi connectivity index (χ0n) is 8.43. The van der Waals surface area contributed by atoms with Gasteiger partial charge in [0.05, 0.1) is 22.0 Å². The number of nitrogens with zero attached hydrogens (tertiary/aromatic N) is 2. The summed E-state index contributed by atoms with van der Waals surface area (Å²) in [5.74, 6) is 3.77. The van der Waals surface area contributed by atoms with Crippen molar-refractivity contribution < 1.29 is 9.72 Å².